The van der Waals surface area contributed by atoms with E-state index in [4.69, 9.17) is 19.4 Å². The third kappa shape index (κ3) is 5.12. The van der Waals surface area contributed by atoms with Gasteiger partial charge in [0.25, 0.3) is 0 Å². The quantitative estimate of drug-likeness (QED) is 0.176. The van der Waals surface area contributed by atoms with Gasteiger partial charge in [-0.15, -0.1) is 11.3 Å². The van der Waals surface area contributed by atoms with Gasteiger partial charge in [-0.25, -0.2) is 15.0 Å². The molecule has 0 saturated carbocycles. The minimum atomic E-state index is 0.598. The number of benzene rings is 8. The summed E-state index contributed by atoms with van der Waals surface area (Å²) in [7, 11) is 0. The number of furan rings is 1. The van der Waals surface area contributed by atoms with Crippen molar-refractivity contribution in [3.05, 3.63) is 182 Å². The Labute approximate surface area is 330 Å². The van der Waals surface area contributed by atoms with Crippen LogP contribution in [0.25, 0.3) is 115 Å². The van der Waals surface area contributed by atoms with Crippen molar-refractivity contribution in [3.63, 3.8) is 0 Å². The molecule has 0 amide bonds. The van der Waals surface area contributed by atoms with Crippen LogP contribution in [0.3, 0.4) is 0 Å². The Bertz CT molecular complexity index is 3420. The SMILES string of the molecule is c1ccc(-c2nc(-c3ccccc3)nc(-c3ccc4c(c3)oc3c(-c5ccc6sc7ccc(-n8c9ccccc9c9ccccc98)cc7c6c5)cccc34)n2)cc1. The van der Waals surface area contributed by atoms with Crippen molar-refractivity contribution < 1.29 is 4.42 Å². The number of fused-ring (bicyclic) bond motifs is 9. The Balaban J connectivity index is 0.984. The van der Waals surface area contributed by atoms with Crippen molar-refractivity contribution in [1.82, 2.24) is 19.5 Å². The summed E-state index contributed by atoms with van der Waals surface area (Å²) in [6, 6.07) is 63.9. The minimum Gasteiger partial charge on any atom is -0.455 e. The number of nitrogens with zero attached hydrogens (tertiary/aromatic N) is 4. The molecule has 12 aromatic rings. The molecule has 4 heterocycles. The smallest absolute Gasteiger partial charge is 0.164 e. The molecular weight excluding hydrogens is 717 g/mol. The summed E-state index contributed by atoms with van der Waals surface area (Å²) in [5.41, 5.74) is 10.1. The Morgan fingerprint density at radius 2 is 0.947 bits per heavy atom. The number of hydrogen-bond donors (Lipinski definition) is 0. The zero-order valence-electron chi connectivity index (χ0n) is 30.4. The Kier molecular flexibility index (Phi) is 7.03. The second kappa shape index (κ2) is 12.6. The first-order valence-electron chi connectivity index (χ1n) is 19.0. The van der Waals surface area contributed by atoms with Crippen molar-refractivity contribution >= 4 is 75.3 Å². The largest absolute Gasteiger partial charge is 0.455 e. The van der Waals surface area contributed by atoms with Crippen LogP contribution in [0.15, 0.2) is 186 Å². The molecule has 8 aromatic carbocycles. The highest BCUT2D eigenvalue weighted by Gasteiger charge is 2.18. The topological polar surface area (TPSA) is 56.7 Å². The van der Waals surface area contributed by atoms with E-state index in [9.17, 15) is 0 Å². The van der Waals surface area contributed by atoms with E-state index < -0.39 is 0 Å². The van der Waals surface area contributed by atoms with Gasteiger partial charge < -0.3 is 8.98 Å². The first-order valence-corrected chi connectivity index (χ1v) is 19.8. The number of thiophene rings is 1. The van der Waals surface area contributed by atoms with E-state index >= 15 is 0 Å². The van der Waals surface area contributed by atoms with Crippen molar-refractivity contribution in [2.75, 3.05) is 0 Å². The normalized spacial score (nSPS) is 11.9. The average Bonchev–Trinajstić information content (AvgIpc) is 3.95. The van der Waals surface area contributed by atoms with Crippen LogP contribution in [0, 0.1) is 0 Å². The Hall–Kier alpha value is -7.41. The van der Waals surface area contributed by atoms with Crippen LogP contribution in [0.5, 0.6) is 0 Å². The number of rotatable bonds is 5. The van der Waals surface area contributed by atoms with Gasteiger partial charge in [0.05, 0.1) is 11.0 Å². The molecule has 0 radical (unpaired) electrons. The van der Waals surface area contributed by atoms with Gasteiger partial charge >= 0.3 is 0 Å². The van der Waals surface area contributed by atoms with Gasteiger partial charge in [0.2, 0.25) is 0 Å². The van der Waals surface area contributed by atoms with Crippen molar-refractivity contribution in [2.45, 2.75) is 0 Å². The standard InChI is InChI=1S/C51H30N4OS/c1-3-12-31(13-4-1)49-52-50(32-14-5-2-6-15-32)54-51(53-49)34-22-25-39-40-19-11-18-36(48(40)56-45(39)29-34)33-23-26-46-41(28-33)42-30-35(24-27-47(42)57-46)55-43-20-9-7-16-37(43)38-17-8-10-21-44(38)55/h1-30H. The molecule has 0 spiro atoms. The first-order chi connectivity index (χ1) is 28.2. The third-order valence-corrected chi connectivity index (χ3v) is 12.2. The molecule has 266 valence electrons. The highest BCUT2D eigenvalue weighted by Crippen LogP contribution is 2.42. The maximum absolute atomic E-state index is 6.79. The zero-order chi connectivity index (χ0) is 37.5. The summed E-state index contributed by atoms with van der Waals surface area (Å²) in [6.07, 6.45) is 0. The highest BCUT2D eigenvalue weighted by atomic mass is 32.1. The molecule has 5 nitrogen and oxygen atoms in total. The molecule has 0 saturated heterocycles. The molecule has 0 N–H and O–H groups in total. The van der Waals surface area contributed by atoms with E-state index in [1.54, 1.807) is 0 Å². The average molecular weight is 747 g/mol. The Morgan fingerprint density at radius 3 is 1.63 bits per heavy atom. The van der Waals surface area contributed by atoms with Crippen LogP contribution in [0.2, 0.25) is 0 Å². The number of para-hydroxylation sites is 3. The molecule has 0 bridgehead atoms. The van der Waals surface area contributed by atoms with Crippen molar-refractivity contribution in [2.24, 2.45) is 0 Å². The van der Waals surface area contributed by atoms with Crippen molar-refractivity contribution in [1.29, 1.82) is 0 Å². The van der Waals surface area contributed by atoms with E-state index in [-0.39, 0.29) is 0 Å². The minimum absolute atomic E-state index is 0.598. The van der Waals surface area contributed by atoms with E-state index in [2.05, 4.69) is 126 Å². The molecule has 0 aliphatic rings. The summed E-state index contributed by atoms with van der Waals surface area (Å²) in [4.78, 5) is 14.8. The van der Waals surface area contributed by atoms with Gasteiger partial charge in [-0.3, -0.25) is 0 Å². The van der Waals surface area contributed by atoms with Gasteiger partial charge in [0.15, 0.2) is 17.5 Å². The van der Waals surface area contributed by atoms with Gasteiger partial charge in [-0.2, -0.15) is 0 Å². The van der Waals surface area contributed by atoms with Crippen molar-refractivity contribution in [3.8, 4) is 51.0 Å². The monoisotopic (exact) mass is 746 g/mol. The second-order valence-corrected chi connectivity index (χ2v) is 15.5. The molecule has 12 rings (SSSR count). The molecule has 0 aliphatic carbocycles. The van der Waals surface area contributed by atoms with Crippen LogP contribution in [0.4, 0.5) is 0 Å². The lowest BCUT2D eigenvalue weighted by molar-refractivity contribution is 0.670. The molecule has 6 heteroatoms. The molecular formula is C51H30N4OS. The van der Waals surface area contributed by atoms with Gasteiger partial charge in [-0.1, -0.05) is 127 Å². The van der Waals surface area contributed by atoms with Gasteiger partial charge in [0, 0.05) is 69.7 Å². The fourth-order valence-corrected chi connectivity index (χ4v) is 9.44. The summed E-state index contributed by atoms with van der Waals surface area (Å²) in [6.45, 7) is 0. The predicted octanol–water partition coefficient (Wildman–Crippen LogP) is 13.9. The summed E-state index contributed by atoms with van der Waals surface area (Å²) in [5, 5.41) is 7.14. The van der Waals surface area contributed by atoms with Crippen LogP contribution in [0.1, 0.15) is 0 Å². The lowest BCUT2D eigenvalue weighted by Gasteiger charge is -2.08. The first kappa shape index (κ1) is 31.9. The van der Waals surface area contributed by atoms with Gasteiger partial charge in [-0.05, 0) is 60.2 Å². The van der Waals surface area contributed by atoms with Crippen LogP contribution in [-0.2, 0) is 0 Å². The molecule has 0 atom stereocenters. The maximum atomic E-state index is 6.79. The van der Waals surface area contributed by atoms with Crippen LogP contribution >= 0.6 is 11.3 Å². The Morgan fingerprint density at radius 1 is 0.386 bits per heavy atom. The van der Waals surface area contributed by atoms with E-state index in [0.717, 1.165) is 55.4 Å². The molecule has 4 aromatic heterocycles. The van der Waals surface area contributed by atoms with E-state index in [1.807, 2.05) is 72.0 Å². The highest BCUT2D eigenvalue weighted by molar-refractivity contribution is 7.25. The third-order valence-electron chi connectivity index (χ3n) is 11.1. The van der Waals surface area contributed by atoms with Gasteiger partial charge in [0.1, 0.15) is 11.2 Å². The maximum Gasteiger partial charge on any atom is 0.164 e. The van der Waals surface area contributed by atoms with Crippen LogP contribution in [-0.4, -0.2) is 19.5 Å². The number of aromatic nitrogens is 4. The van der Waals surface area contributed by atoms with E-state index in [1.165, 1.54) is 42.0 Å². The predicted molar refractivity (Wildman–Crippen MR) is 236 cm³/mol. The summed E-state index contributed by atoms with van der Waals surface area (Å²) >= 11 is 1.84. The zero-order valence-corrected chi connectivity index (χ0v) is 31.2. The second-order valence-electron chi connectivity index (χ2n) is 14.4. The van der Waals surface area contributed by atoms with Crippen LogP contribution < -0.4 is 0 Å². The molecule has 57 heavy (non-hydrogen) atoms. The molecule has 0 fully saturated rings. The fourth-order valence-electron chi connectivity index (χ4n) is 8.38. The lowest BCUT2D eigenvalue weighted by atomic mass is 10.00. The van der Waals surface area contributed by atoms with E-state index in [0.29, 0.717) is 17.5 Å². The summed E-state index contributed by atoms with van der Waals surface area (Å²) in [5.74, 6) is 1.86. The molecule has 0 aliphatic heterocycles. The lowest BCUT2D eigenvalue weighted by Crippen LogP contribution is -2.00. The summed E-state index contributed by atoms with van der Waals surface area (Å²) < 4.78 is 11.7. The number of hydrogen-bond acceptors (Lipinski definition) is 5. The molecule has 0 unspecified atom stereocenters. The fraction of sp³-hybridized carbons (Fsp3) is 0.